The molecule has 0 aromatic carbocycles. The summed E-state index contributed by atoms with van der Waals surface area (Å²) < 4.78 is 79.2. The van der Waals surface area contributed by atoms with Gasteiger partial charge in [0.25, 0.3) is 12.3 Å². The van der Waals surface area contributed by atoms with E-state index in [1.54, 1.807) is 0 Å². The first-order valence-corrected chi connectivity index (χ1v) is 13.4. The smallest absolute Gasteiger partial charge is 0.416 e. The minimum absolute atomic E-state index is 0.0610. The molecule has 11 nitrogen and oxygen atoms in total. The minimum Gasteiger partial charge on any atom is -0.444 e. The summed E-state index contributed by atoms with van der Waals surface area (Å²) in [4.78, 5) is 33.7. The molecule has 0 saturated heterocycles. The molecule has 43 heavy (non-hydrogen) atoms. The van der Waals surface area contributed by atoms with E-state index in [2.05, 4.69) is 20.4 Å². The SMILES string of the molecule is CC(C)(C)OC(=O)N(CC(F)(F)F)c1cc(-c2nc(C(=O)Nc3cn([C@H]4CC[C@H](CO)CC4)nc3C(F)F)co2)ccn1. The van der Waals surface area contributed by atoms with E-state index in [-0.39, 0.29) is 41.4 Å². The standard InChI is InChI=1S/C27H31F5N6O5/c1-26(2,3)43-25(41)37(14-27(30,31)32)20-10-16(8-9-33-20)24-35-19(13-42-24)23(40)34-18-11-38(36-21(18)22(28)29)17-6-4-15(12-39)5-7-17/h8-11,13,15,17,22,39H,4-7,12,14H2,1-3H3,(H,34,40)/t15-,17-. The number of amides is 2. The summed E-state index contributed by atoms with van der Waals surface area (Å²) in [5.41, 5.74) is -2.13. The number of ether oxygens (including phenoxy) is 1. The monoisotopic (exact) mass is 614 g/mol. The lowest BCUT2D eigenvalue weighted by molar-refractivity contribution is -0.119. The number of rotatable bonds is 8. The third kappa shape index (κ3) is 8.27. The lowest BCUT2D eigenvalue weighted by Gasteiger charge is -2.27. The predicted octanol–water partition coefficient (Wildman–Crippen LogP) is 6.15. The van der Waals surface area contributed by atoms with E-state index in [1.807, 2.05) is 0 Å². The van der Waals surface area contributed by atoms with Crippen molar-refractivity contribution in [2.45, 2.75) is 70.7 Å². The molecule has 3 heterocycles. The average Bonchev–Trinajstić information content (AvgIpc) is 3.59. The molecular formula is C27H31F5N6O5. The van der Waals surface area contributed by atoms with Gasteiger partial charge in [0.15, 0.2) is 11.4 Å². The summed E-state index contributed by atoms with van der Waals surface area (Å²) in [6.07, 6.45) is -2.91. The molecule has 3 aromatic rings. The minimum atomic E-state index is -4.77. The van der Waals surface area contributed by atoms with Gasteiger partial charge < -0.3 is 19.6 Å². The Morgan fingerprint density at radius 1 is 1.21 bits per heavy atom. The number of alkyl halides is 5. The number of nitrogens with one attached hydrogen (secondary N) is 1. The van der Waals surface area contributed by atoms with E-state index >= 15 is 0 Å². The fourth-order valence-corrected chi connectivity index (χ4v) is 4.57. The van der Waals surface area contributed by atoms with Gasteiger partial charge in [-0.05, 0) is 64.5 Å². The van der Waals surface area contributed by atoms with Crippen molar-refractivity contribution < 1.29 is 45.8 Å². The van der Waals surface area contributed by atoms with Crippen LogP contribution in [0.3, 0.4) is 0 Å². The molecule has 1 saturated carbocycles. The predicted molar refractivity (Wildman–Crippen MR) is 143 cm³/mol. The van der Waals surface area contributed by atoms with Gasteiger partial charge in [0.1, 0.15) is 24.2 Å². The summed E-state index contributed by atoms with van der Waals surface area (Å²) in [6.45, 7) is 2.88. The third-order valence-electron chi connectivity index (χ3n) is 6.62. The fourth-order valence-electron chi connectivity index (χ4n) is 4.57. The van der Waals surface area contributed by atoms with Gasteiger partial charge in [0.05, 0.1) is 11.7 Å². The number of carbonyl (C=O) groups is 2. The van der Waals surface area contributed by atoms with Gasteiger partial charge in [-0.25, -0.2) is 23.5 Å². The third-order valence-corrected chi connectivity index (χ3v) is 6.62. The van der Waals surface area contributed by atoms with Crippen LogP contribution in [0, 0.1) is 5.92 Å². The van der Waals surface area contributed by atoms with Crippen LogP contribution in [-0.4, -0.2) is 61.8 Å². The number of aliphatic hydroxyl groups is 1. The van der Waals surface area contributed by atoms with Crippen molar-refractivity contribution in [1.82, 2.24) is 19.7 Å². The van der Waals surface area contributed by atoms with Crippen molar-refractivity contribution in [1.29, 1.82) is 0 Å². The van der Waals surface area contributed by atoms with E-state index in [0.717, 1.165) is 31.4 Å². The topological polar surface area (TPSA) is 136 Å². The van der Waals surface area contributed by atoms with Crippen LogP contribution in [0.4, 0.5) is 38.3 Å². The first-order chi connectivity index (χ1) is 20.1. The zero-order valence-corrected chi connectivity index (χ0v) is 23.6. The zero-order chi connectivity index (χ0) is 31.5. The number of hydrogen-bond acceptors (Lipinski definition) is 8. The van der Waals surface area contributed by atoms with Gasteiger partial charge >= 0.3 is 12.3 Å². The Hall–Kier alpha value is -4.08. The second kappa shape index (κ2) is 12.7. The largest absolute Gasteiger partial charge is 0.444 e. The molecule has 0 unspecified atom stereocenters. The second-order valence-corrected chi connectivity index (χ2v) is 11.1. The number of halogens is 5. The van der Waals surface area contributed by atoms with Gasteiger partial charge in [-0.3, -0.25) is 14.4 Å². The van der Waals surface area contributed by atoms with Gasteiger partial charge in [-0.15, -0.1) is 0 Å². The van der Waals surface area contributed by atoms with Crippen LogP contribution >= 0.6 is 0 Å². The molecule has 16 heteroatoms. The highest BCUT2D eigenvalue weighted by atomic mass is 19.4. The number of carbonyl (C=O) groups excluding carboxylic acids is 2. The Bertz CT molecular complexity index is 1430. The molecule has 0 bridgehead atoms. The maximum Gasteiger partial charge on any atom is 0.416 e. The number of pyridine rings is 1. The van der Waals surface area contributed by atoms with Crippen LogP contribution in [0.15, 0.2) is 35.2 Å². The molecule has 0 atom stereocenters. The molecule has 0 aliphatic heterocycles. The van der Waals surface area contributed by atoms with Crippen molar-refractivity contribution in [3.05, 3.63) is 42.2 Å². The van der Waals surface area contributed by atoms with E-state index < -0.39 is 48.3 Å². The molecule has 0 spiro atoms. The van der Waals surface area contributed by atoms with Crippen LogP contribution < -0.4 is 10.2 Å². The van der Waals surface area contributed by atoms with E-state index in [4.69, 9.17) is 9.15 Å². The lowest BCUT2D eigenvalue weighted by atomic mass is 9.87. The Labute approximate surface area is 243 Å². The van der Waals surface area contributed by atoms with Crippen molar-refractivity contribution in [2.75, 3.05) is 23.4 Å². The van der Waals surface area contributed by atoms with Crippen LogP contribution in [0.25, 0.3) is 11.5 Å². The average molecular weight is 615 g/mol. The molecule has 2 amide bonds. The number of anilines is 2. The second-order valence-electron chi connectivity index (χ2n) is 11.1. The number of aromatic nitrogens is 4. The summed E-state index contributed by atoms with van der Waals surface area (Å²) in [6, 6.07) is 2.28. The molecule has 3 aromatic heterocycles. The Balaban J connectivity index is 1.53. The van der Waals surface area contributed by atoms with E-state index in [9.17, 15) is 36.6 Å². The summed E-state index contributed by atoms with van der Waals surface area (Å²) in [5, 5.41) is 15.7. The quantitative estimate of drug-likeness (QED) is 0.289. The number of nitrogens with zero attached hydrogens (tertiary/aromatic N) is 5. The van der Waals surface area contributed by atoms with Gasteiger partial charge in [0.2, 0.25) is 5.89 Å². The maximum absolute atomic E-state index is 13.7. The number of hydrogen-bond donors (Lipinski definition) is 2. The highest BCUT2D eigenvalue weighted by molar-refractivity contribution is 6.03. The van der Waals surface area contributed by atoms with Gasteiger partial charge in [-0.2, -0.15) is 18.3 Å². The molecule has 234 valence electrons. The molecular weight excluding hydrogens is 583 g/mol. The van der Waals surface area contributed by atoms with Crippen molar-refractivity contribution in [2.24, 2.45) is 5.92 Å². The number of oxazole rings is 1. The first kappa shape index (κ1) is 31.8. The Kier molecular flexibility index (Phi) is 9.37. The van der Waals surface area contributed by atoms with Crippen LogP contribution in [0.5, 0.6) is 0 Å². The Morgan fingerprint density at radius 3 is 2.51 bits per heavy atom. The van der Waals surface area contributed by atoms with Crippen molar-refractivity contribution >= 4 is 23.5 Å². The summed E-state index contributed by atoms with van der Waals surface area (Å²) in [7, 11) is 0. The van der Waals surface area contributed by atoms with Gasteiger partial charge in [-0.1, -0.05) is 0 Å². The van der Waals surface area contributed by atoms with Crippen LogP contribution in [-0.2, 0) is 4.74 Å². The molecule has 1 aliphatic rings. The molecule has 0 radical (unpaired) electrons. The zero-order valence-electron chi connectivity index (χ0n) is 23.6. The highest BCUT2D eigenvalue weighted by Crippen LogP contribution is 2.35. The summed E-state index contributed by atoms with van der Waals surface area (Å²) >= 11 is 0. The Morgan fingerprint density at radius 2 is 1.91 bits per heavy atom. The summed E-state index contributed by atoms with van der Waals surface area (Å²) in [5.74, 6) is -1.34. The highest BCUT2D eigenvalue weighted by Gasteiger charge is 2.37. The van der Waals surface area contributed by atoms with Crippen LogP contribution in [0.1, 0.15) is 75.1 Å². The fraction of sp³-hybridized carbons (Fsp3) is 0.519. The van der Waals surface area contributed by atoms with Gasteiger partial charge in [0, 0.05) is 24.6 Å². The van der Waals surface area contributed by atoms with E-state index in [0.29, 0.717) is 17.7 Å². The van der Waals surface area contributed by atoms with Crippen molar-refractivity contribution in [3.8, 4) is 11.5 Å². The van der Waals surface area contributed by atoms with E-state index in [1.165, 1.54) is 37.7 Å². The molecule has 1 aliphatic carbocycles. The normalized spacial score (nSPS) is 17.6. The van der Waals surface area contributed by atoms with Crippen molar-refractivity contribution in [3.63, 3.8) is 0 Å². The van der Waals surface area contributed by atoms with Crippen LogP contribution in [0.2, 0.25) is 0 Å². The lowest BCUT2D eigenvalue weighted by Crippen LogP contribution is -2.42. The molecule has 1 fully saturated rings. The first-order valence-electron chi connectivity index (χ1n) is 13.4. The molecule has 2 N–H and O–H groups in total. The molecule has 4 rings (SSSR count). The number of aliphatic hydroxyl groups excluding tert-OH is 1. The maximum atomic E-state index is 13.7.